The van der Waals surface area contributed by atoms with Crippen molar-refractivity contribution in [1.82, 2.24) is 0 Å². The molecule has 21 heavy (non-hydrogen) atoms. The molecule has 0 aromatic heterocycles. The highest BCUT2D eigenvalue weighted by atomic mass is 32.2. The topological polar surface area (TPSA) is 67.2 Å². The standard InChI is InChI=1S/C15H12FNO3S/c1-21(18,19)12-7-5-11(6-8-12)10-20-15-4-2-3-14(16)13(15)9-17/h2-8H,10H2,1H3. The van der Waals surface area contributed by atoms with Gasteiger partial charge in [0.15, 0.2) is 9.84 Å². The van der Waals surface area contributed by atoms with Gasteiger partial charge in [0.2, 0.25) is 0 Å². The van der Waals surface area contributed by atoms with Gasteiger partial charge in [-0.25, -0.2) is 12.8 Å². The Morgan fingerprint density at radius 2 is 1.86 bits per heavy atom. The molecule has 0 amide bonds. The monoisotopic (exact) mass is 305 g/mol. The second-order valence-corrected chi connectivity index (χ2v) is 6.45. The fraction of sp³-hybridized carbons (Fsp3) is 0.133. The summed E-state index contributed by atoms with van der Waals surface area (Å²) >= 11 is 0. The molecule has 0 radical (unpaired) electrons. The third kappa shape index (κ3) is 3.58. The lowest BCUT2D eigenvalue weighted by Crippen LogP contribution is -2.00. The molecule has 0 bridgehead atoms. The lowest BCUT2D eigenvalue weighted by Gasteiger charge is -2.08. The number of nitrogens with zero attached hydrogens (tertiary/aromatic N) is 1. The summed E-state index contributed by atoms with van der Waals surface area (Å²) in [5.74, 6) is -0.480. The summed E-state index contributed by atoms with van der Waals surface area (Å²) in [6.45, 7) is 0.113. The second kappa shape index (κ2) is 5.94. The number of nitriles is 1. The summed E-state index contributed by atoms with van der Waals surface area (Å²) in [5.41, 5.74) is 0.570. The molecule has 4 nitrogen and oxygen atoms in total. The van der Waals surface area contributed by atoms with Gasteiger partial charge in [-0.3, -0.25) is 0 Å². The van der Waals surface area contributed by atoms with Gasteiger partial charge in [-0.15, -0.1) is 0 Å². The molecule has 0 saturated carbocycles. The Hall–Kier alpha value is -2.39. The van der Waals surface area contributed by atoms with Crippen LogP contribution >= 0.6 is 0 Å². The van der Waals surface area contributed by atoms with Crippen molar-refractivity contribution in [1.29, 1.82) is 5.26 Å². The van der Waals surface area contributed by atoms with E-state index in [1.165, 1.54) is 30.3 Å². The lowest BCUT2D eigenvalue weighted by atomic mass is 10.2. The van der Waals surface area contributed by atoms with E-state index in [0.717, 1.165) is 11.8 Å². The van der Waals surface area contributed by atoms with Crippen molar-refractivity contribution in [3.63, 3.8) is 0 Å². The number of hydrogen-bond acceptors (Lipinski definition) is 4. The molecule has 2 aromatic carbocycles. The smallest absolute Gasteiger partial charge is 0.175 e. The zero-order valence-corrected chi connectivity index (χ0v) is 12.0. The van der Waals surface area contributed by atoms with Crippen LogP contribution in [-0.2, 0) is 16.4 Å². The van der Waals surface area contributed by atoms with Crippen LogP contribution in [0.25, 0.3) is 0 Å². The highest BCUT2D eigenvalue weighted by Gasteiger charge is 2.10. The highest BCUT2D eigenvalue weighted by molar-refractivity contribution is 7.90. The maximum atomic E-state index is 13.4. The van der Waals surface area contributed by atoms with Crippen LogP contribution in [0.2, 0.25) is 0 Å². The van der Waals surface area contributed by atoms with Crippen LogP contribution < -0.4 is 4.74 Å². The van der Waals surface area contributed by atoms with Crippen molar-refractivity contribution in [2.45, 2.75) is 11.5 Å². The average molecular weight is 305 g/mol. The molecule has 2 aromatic rings. The minimum absolute atomic E-state index is 0.113. The molecule has 108 valence electrons. The van der Waals surface area contributed by atoms with Crippen molar-refractivity contribution in [3.05, 3.63) is 59.4 Å². The number of benzene rings is 2. The largest absolute Gasteiger partial charge is 0.487 e. The SMILES string of the molecule is CS(=O)(=O)c1ccc(COc2cccc(F)c2C#N)cc1. The molecule has 6 heteroatoms. The van der Waals surface area contributed by atoms with E-state index < -0.39 is 15.7 Å². The van der Waals surface area contributed by atoms with E-state index in [0.29, 0.717) is 0 Å². The van der Waals surface area contributed by atoms with E-state index in [1.54, 1.807) is 18.2 Å². The van der Waals surface area contributed by atoms with Crippen LogP contribution in [0.5, 0.6) is 5.75 Å². The highest BCUT2D eigenvalue weighted by Crippen LogP contribution is 2.21. The first kappa shape index (κ1) is 15.0. The first-order valence-electron chi connectivity index (χ1n) is 6.02. The van der Waals surface area contributed by atoms with Crippen LogP contribution in [0.1, 0.15) is 11.1 Å². The van der Waals surface area contributed by atoms with Gasteiger partial charge in [0.1, 0.15) is 29.8 Å². The van der Waals surface area contributed by atoms with Crippen molar-refractivity contribution < 1.29 is 17.5 Å². The number of rotatable bonds is 4. The van der Waals surface area contributed by atoms with Crippen LogP contribution in [0, 0.1) is 17.1 Å². The summed E-state index contributed by atoms with van der Waals surface area (Å²) in [6.07, 6.45) is 1.13. The Morgan fingerprint density at radius 3 is 2.43 bits per heavy atom. The predicted molar refractivity (Wildman–Crippen MR) is 75.0 cm³/mol. The number of sulfone groups is 1. The Labute approximate surface area is 122 Å². The van der Waals surface area contributed by atoms with Gasteiger partial charge in [0.05, 0.1) is 4.90 Å². The van der Waals surface area contributed by atoms with Gasteiger partial charge in [0, 0.05) is 6.26 Å². The Bertz CT molecular complexity index is 793. The molecule has 0 fully saturated rings. The molecule has 0 atom stereocenters. The van der Waals surface area contributed by atoms with E-state index in [1.807, 2.05) is 0 Å². The molecule has 2 rings (SSSR count). The zero-order valence-electron chi connectivity index (χ0n) is 11.2. The maximum Gasteiger partial charge on any atom is 0.175 e. The van der Waals surface area contributed by atoms with Crippen molar-refractivity contribution in [3.8, 4) is 11.8 Å². The van der Waals surface area contributed by atoms with E-state index >= 15 is 0 Å². The van der Waals surface area contributed by atoms with E-state index in [-0.39, 0.29) is 22.8 Å². The van der Waals surface area contributed by atoms with Crippen molar-refractivity contribution >= 4 is 9.84 Å². The molecule has 0 aliphatic carbocycles. The molecule has 0 unspecified atom stereocenters. The summed E-state index contributed by atoms with van der Waals surface area (Å²) in [5, 5.41) is 8.89. The summed E-state index contributed by atoms with van der Waals surface area (Å²) in [7, 11) is -3.24. The van der Waals surface area contributed by atoms with Gasteiger partial charge in [-0.2, -0.15) is 5.26 Å². The predicted octanol–water partition coefficient (Wildman–Crippen LogP) is 2.68. The average Bonchev–Trinajstić information content (AvgIpc) is 2.44. The second-order valence-electron chi connectivity index (χ2n) is 4.43. The fourth-order valence-electron chi connectivity index (χ4n) is 1.73. The Balaban J connectivity index is 2.15. The summed E-state index contributed by atoms with van der Waals surface area (Å²) < 4.78 is 41.5. The minimum atomic E-state index is -3.24. The fourth-order valence-corrected chi connectivity index (χ4v) is 2.36. The molecule has 0 saturated heterocycles. The van der Waals surface area contributed by atoms with Gasteiger partial charge in [0.25, 0.3) is 0 Å². The Kier molecular flexibility index (Phi) is 4.24. The lowest BCUT2D eigenvalue weighted by molar-refractivity contribution is 0.303. The minimum Gasteiger partial charge on any atom is -0.487 e. The first-order valence-corrected chi connectivity index (χ1v) is 7.91. The van der Waals surface area contributed by atoms with Crippen molar-refractivity contribution in [2.75, 3.05) is 6.26 Å². The molecular formula is C15H12FNO3S. The van der Waals surface area contributed by atoms with Crippen LogP contribution in [0.3, 0.4) is 0 Å². The normalized spacial score (nSPS) is 10.9. The summed E-state index contributed by atoms with van der Waals surface area (Å²) in [6, 6.07) is 12.1. The maximum absolute atomic E-state index is 13.4. The van der Waals surface area contributed by atoms with Gasteiger partial charge in [-0.05, 0) is 29.8 Å². The molecular weight excluding hydrogens is 293 g/mol. The van der Waals surface area contributed by atoms with E-state index in [2.05, 4.69) is 0 Å². The Morgan fingerprint density at radius 1 is 1.19 bits per heavy atom. The quantitative estimate of drug-likeness (QED) is 0.871. The third-order valence-corrected chi connectivity index (χ3v) is 3.96. The summed E-state index contributed by atoms with van der Waals surface area (Å²) in [4.78, 5) is 0.217. The van der Waals surface area contributed by atoms with Crippen LogP contribution in [-0.4, -0.2) is 14.7 Å². The van der Waals surface area contributed by atoms with E-state index in [4.69, 9.17) is 10.00 Å². The zero-order chi connectivity index (χ0) is 15.5. The molecule has 0 aliphatic heterocycles. The van der Waals surface area contributed by atoms with Crippen LogP contribution in [0.15, 0.2) is 47.4 Å². The number of hydrogen-bond donors (Lipinski definition) is 0. The molecule has 0 spiro atoms. The third-order valence-electron chi connectivity index (χ3n) is 2.83. The van der Waals surface area contributed by atoms with Gasteiger partial charge < -0.3 is 4.74 Å². The van der Waals surface area contributed by atoms with E-state index in [9.17, 15) is 12.8 Å². The van der Waals surface area contributed by atoms with Gasteiger partial charge in [-0.1, -0.05) is 18.2 Å². The number of ether oxygens (including phenoxy) is 1. The first-order chi connectivity index (χ1) is 9.91. The number of halogens is 1. The van der Waals surface area contributed by atoms with Crippen molar-refractivity contribution in [2.24, 2.45) is 0 Å². The molecule has 0 N–H and O–H groups in total. The van der Waals surface area contributed by atoms with Gasteiger partial charge >= 0.3 is 0 Å². The van der Waals surface area contributed by atoms with Crippen LogP contribution in [0.4, 0.5) is 4.39 Å². The molecule has 0 heterocycles. The molecule has 0 aliphatic rings.